The van der Waals surface area contributed by atoms with E-state index in [0.29, 0.717) is 10.6 Å². The van der Waals surface area contributed by atoms with Gasteiger partial charge in [0.2, 0.25) is 0 Å². The third kappa shape index (κ3) is 4.96. The Hall–Kier alpha value is -3.12. The largest absolute Gasteiger partial charge is 0.328 e. The molecule has 0 atom stereocenters. The van der Waals surface area contributed by atoms with Gasteiger partial charge in [-0.25, -0.2) is 13.4 Å². The number of anilines is 1. The van der Waals surface area contributed by atoms with Gasteiger partial charge >= 0.3 is 0 Å². The number of rotatable bonds is 8. The highest BCUT2D eigenvalue weighted by atomic mass is 32.2. The van der Waals surface area contributed by atoms with Crippen LogP contribution in [0.4, 0.5) is 5.69 Å². The molecule has 1 N–H and O–H groups in total. The summed E-state index contributed by atoms with van der Waals surface area (Å²) in [5, 5.41) is 0. The van der Waals surface area contributed by atoms with E-state index in [2.05, 4.69) is 34.4 Å². The second-order valence-electron chi connectivity index (χ2n) is 8.70. The lowest BCUT2D eigenvalue weighted by atomic mass is 10.1. The molecule has 0 unspecified atom stereocenters. The van der Waals surface area contributed by atoms with Crippen LogP contribution in [0.25, 0.3) is 11.0 Å². The number of benzene rings is 3. The average molecular weight is 462 g/mol. The second kappa shape index (κ2) is 9.40. The molecule has 1 aromatic heterocycles. The van der Waals surface area contributed by atoms with Crippen molar-refractivity contribution in [3.8, 4) is 0 Å². The number of nitrogens with one attached hydrogen (secondary N) is 1. The molecule has 33 heavy (non-hydrogen) atoms. The van der Waals surface area contributed by atoms with Gasteiger partial charge in [-0.2, -0.15) is 0 Å². The molecule has 0 amide bonds. The van der Waals surface area contributed by atoms with E-state index >= 15 is 0 Å². The van der Waals surface area contributed by atoms with Gasteiger partial charge in [0.15, 0.2) is 0 Å². The summed E-state index contributed by atoms with van der Waals surface area (Å²) in [7, 11) is -3.65. The Morgan fingerprint density at radius 1 is 0.909 bits per heavy atom. The van der Waals surface area contributed by atoms with Crippen LogP contribution < -0.4 is 4.72 Å². The van der Waals surface area contributed by atoms with E-state index < -0.39 is 10.0 Å². The minimum absolute atomic E-state index is 0.354. The number of nitrogens with zero attached hydrogens (tertiary/aromatic N) is 2. The van der Waals surface area contributed by atoms with Crippen LogP contribution in [0.15, 0.2) is 65.6 Å². The first kappa shape index (κ1) is 23.1. The number of fused-ring (bicyclic) bond motifs is 1. The second-order valence-corrected chi connectivity index (χ2v) is 10.3. The van der Waals surface area contributed by atoms with Gasteiger partial charge in [0, 0.05) is 18.7 Å². The maximum absolute atomic E-state index is 13.0. The Labute approximate surface area is 196 Å². The summed E-state index contributed by atoms with van der Waals surface area (Å²) in [6, 6.07) is 19.7. The molecular weight excluding hydrogens is 430 g/mol. The summed E-state index contributed by atoms with van der Waals surface area (Å²) in [5.41, 5.74) is 6.50. The maximum Gasteiger partial charge on any atom is 0.262 e. The molecule has 172 valence electrons. The van der Waals surface area contributed by atoms with Gasteiger partial charge in [-0.1, -0.05) is 48.9 Å². The molecule has 0 spiro atoms. The smallest absolute Gasteiger partial charge is 0.262 e. The Bertz CT molecular complexity index is 1360. The highest BCUT2D eigenvalue weighted by Crippen LogP contribution is 2.25. The van der Waals surface area contributed by atoms with Gasteiger partial charge in [0.25, 0.3) is 10.0 Å². The molecule has 0 saturated carbocycles. The zero-order chi connectivity index (χ0) is 23.6. The normalized spacial score (nSPS) is 11.8. The molecule has 0 fully saturated rings. The first-order valence-electron chi connectivity index (χ1n) is 11.4. The van der Waals surface area contributed by atoms with Gasteiger partial charge in [0.05, 0.1) is 15.9 Å². The quantitative estimate of drug-likeness (QED) is 0.352. The van der Waals surface area contributed by atoms with Crippen LogP contribution in [-0.4, -0.2) is 18.0 Å². The van der Waals surface area contributed by atoms with E-state index in [4.69, 9.17) is 4.98 Å². The lowest BCUT2D eigenvalue weighted by Crippen LogP contribution is -2.16. The van der Waals surface area contributed by atoms with Crippen LogP contribution in [0.3, 0.4) is 0 Å². The molecule has 0 bridgehead atoms. The molecule has 0 radical (unpaired) electrons. The molecule has 0 aliphatic heterocycles. The number of imidazole rings is 1. The summed E-state index contributed by atoms with van der Waals surface area (Å²) in [5.74, 6) is 1.09. The zero-order valence-electron chi connectivity index (χ0n) is 19.7. The van der Waals surface area contributed by atoms with Gasteiger partial charge in [-0.05, 0) is 74.6 Å². The van der Waals surface area contributed by atoms with Crippen molar-refractivity contribution < 1.29 is 8.42 Å². The van der Waals surface area contributed by atoms with Crippen molar-refractivity contribution in [1.29, 1.82) is 0 Å². The lowest BCUT2D eigenvalue weighted by molar-refractivity contribution is 0.600. The van der Waals surface area contributed by atoms with E-state index in [9.17, 15) is 8.42 Å². The Morgan fingerprint density at radius 2 is 1.58 bits per heavy atom. The summed E-state index contributed by atoms with van der Waals surface area (Å²) in [6.07, 6.45) is 2.74. The Morgan fingerprint density at radius 3 is 2.24 bits per heavy atom. The first-order chi connectivity index (χ1) is 15.8. The van der Waals surface area contributed by atoms with E-state index in [1.54, 1.807) is 0 Å². The molecule has 5 nitrogen and oxygen atoms in total. The molecule has 0 aliphatic carbocycles. The fourth-order valence-corrected chi connectivity index (χ4v) is 6.10. The predicted octanol–water partition coefficient (Wildman–Crippen LogP) is 5.96. The molecule has 1 heterocycles. The molecular formula is C27H31N3O2S. The van der Waals surface area contributed by atoms with Crippen molar-refractivity contribution in [2.75, 3.05) is 4.72 Å². The van der Waals surface area contributed by atoms with Crippen molar-refractivity contribution >= 4 is 26.7 Å². The van der Waals surface area contributed by atoms with Gasteiger partial charge in [0.1, 0.15) is 5.82 Å². The van der Waals surface area contributed by atoms with Crippen molar-refractivity contribution in [3.05, 3.63) is 88.7 Å². The highest BCUT2D eigenvalue weighted by Gasteiger charge is 2.20. The maximum atomic E-state index is 13.0. The number of aromatic nitrogens is 2. The van der Waals surface area contributed by atoms with Crippen LogP contribution in [0.5, 0.6) is 0 Å². The summed E-state index contributed by atoms with van der Waals surface area (Å²) in [4.78, 5) is 5.19. The van der Waals surface area contributed by atoms with Crippen molar-refractivity contribution in [2.45, 2.75) is 58.4 Å². The number of para-hydroxylation sites is 2. The lowest BCUT2D eigenvalue weighted by Gasteiger charge is -2.14. The summed E-state index contributed by atoms with van der Waals surface area (Å²) < 4.78 is 31.1. The van der Waals surface area contributed by atoms with E-state index in [0.717, 1.165) is 59.4 Å². The molecule has 6 heteroatoms. The van der Waals surface area contributed by atoms with Crippen LogP contribution in [0.2, 0.25) is 0 Å². The van der Waals surface area contributed by atoms with Crippen molar-refractivity contribution in [3.63, 3.8) is 0 Å². The van der Waals surface area contributed by atoms with E-state index in [1.165, 1.54) is 5.52 Å². The van der Waals surface area contributed by atoms with Gasteiger partial charge in [-0.3, -0.25) is 4.72 Å². The molecule has 4 aromatic rings. The fourth-order valence-electron chi connectivity index (χ4n) is 4.58. The van der Waals surface area contributed by atoms with Crippen LogP contribution >= 0.6 is 0 Å². The van der Waals surface area contributed by atoms with Crippen LogP contribution in [0.1, 0.15) is 41.4 Å². The van der Waals surface area contributed by atoms with E-state index in [1.807, 2.05) is 63.2 Å². The zero-order valence-corrected chi connectivity index (χ0v) is 20.5. The van der Waals surface area contributed by atoms with Gasteiger partial charge in [-0.15, -0.1) is 0 Å². The van der Waals surface area contributed by atoms with Gasteiger partial charge < -0.3 is 4.57 Å². The first-order valence-corrected chi connectivity index (χ1v) is 12.9. The number of hydrogen-bond donors (Lipinski definition) is 1. The molecule has 0 aliphatic rings. The Balaban J connectivity index is 1.49. The van der Waals surface area contributed by atoms with Crippen LogP contribution in [-0.2, 0) is 29.4 Å². The number of hydrogen-bond acceptors (Lipinski definition) is 3. The summed E-state index contributed by atoms with van der Waals surface area (Å²) >= 11 is 0. The number of aryl methyl sites for hydroxylation is 6. The fraction of sp³-hybridized carbons (Fsp3) is 0.296. The standard InChI is InChI=1S/C27H31N3O2S/c1-5-16-30-25-9-7-6-8-24(25)28-26(30)15-12-22-10-13-23(14-11-22)29-33(31,32)27-20(3)17-19(2)18-21(27)4/h6-11,13-14,17-18,29H,5,12,15-16H2,1-4H3. The number of sulfonamides is 1. The minimum Gasteiger partial charge on any atom is -0.328 e. The SMILES string of the molecule is CCCn1c(CCc2ccc(NS(=O)(=O)c3c(C)cc(C)cc3C)cc2)nc2ccccc21. The third-order valence-electron chi connectivity index (χ3n) is 5.90. The molecule has 0 saturated heterocycles. The Kier molecular flexibility index (Phi) is 6.56. The third-order valence-corrected chi connectivity index (χ3v) is 7.58. The predicted molar refractivity (Wildman–Crippen MR) is 135 cm³/mol. The minimum atomic E-state index is -3.65. The molecule has 4 rings (SSSR count). The topological polar surface area (TPSA) is 64.0 Å². The average Bonchev–Trinajstić information content (AvgIpc) is 3.10. The highest BCUT2D eigenvalue weighted by molar-refractivity contribution is 7.92. The van der Waals surface area contributed by atoms with E-state index in [-0.39, 0.29) is 0 Å². The van der Waals surface area contributed by atoms with Crippen molar-refractivity contribution in [2.24, 2.45) is 0 Å². The van der Waals surface area contributed by atoms with Crippen LogP contribution in [0, 0.1) is 20.8 Å². The monoisotopic (exact) mass is 461 g/mol. The summed E-state index contributed by atoms with van der Waals surface area (Å²) in [6.45, 7) is 8.78. The van der Waals surface area contributed by atoms with Crippen molar-refractivity contribution in [1.82, 2.24) is 9.55 Å². The molecule has 3 aromatic carbocycles.